The molecule has 0 spiro atoms. The number of benzene rings is 1. The van der Waals surface area contributed by atoms with Gasteiger partial charge in [-0.2, -0.15) is 0 Å². The zero-order valence-electron chi connectivity index (χ0n) is 10.4. The average molecular weight is 260 g/mol. The lowest BCUT2D eigenvalue weighted by molar-refractivity contribution is 0.202. The summed E-state index contributed by atoms with van der Waals surface area (Å²) in [5, 5.41) is 0.676. The van der Waals surface area contributed by atoms with E-state index in [2.05, 4.69) is 23.2 Å². The van der Waals surface area contributed by atoms with E-state index >= 15 is 0 Å². The van der Waals surface area contributed by atoms with Gasteiger partial charge in [0.1, 0.15) is 0 Å². The molecule has 3 rings (SSSR count). The zero-order chi connectivity index (χ0) is 12.5. The molecule has 1 aliphatic rings. The molecule has 3 nitrogen and oxygen atoms in total. The number of thiazole rings is 1. The first-order valence-corrected chi connectivity index (χ1v) is 6.96. The van der Waals surface area contributed by atoms with Crippen LogP contribution >= 0.6 is 11.3 Å². The van der Waals surface area contributed by atoms with Crippen molar-refractivity contribution in [1.82, 2.24) is 4.98 Å². The molecular formula is C14H16N2OS. The summed E-state index contributed by atoms with van der Waals surface area (Å²) in [5.41, 5.74) is 11.0. The van der Waals surface area contributed by atoms with E-state index in [1.807, 2.05) is 0 Å². The highest BCUT2D eigenvalue weighted by atomic mass is 32.1. The van der Waals surface area contributed by atoms with E-state index in [0.717, 1.165) is 31.6 Å². The van der Waals surface area contributed by atoms with Crippen LogP contribution in [0, 0.1) is 0 Å². The molecule has 0 aliphatic heterocycles. The van der Waals surface area contributed by atoms with Crippen molar-refractivity contribution in [2.24, 2.45) is 0 Å². The number of aromatic nitrogens is 1. The number of nitrogens with zero attached hydrogens (tertiary/aromatic N) is 1. The van der Waals surface area contributed by atoms with Crippen LogP contribution in [0.15, 0.2) is 18.2 Å². The quantitative estimate of drug-likeness (QED) is 0.923. The van der Waals surface area contributed by atoms with Crippen molar-refractivity contribution < 1.29 is 4.74 Å². The van der Waals surface area contributed by atoms with E-state index in [4.69, 9.17) is 10.5 Å². The third-order valence-electron chi connectivity index (χ3n) is 3.42. The number of methoxy groups -OCH3 is 1. The fourth-order valence-corrected chi connectivity index (χ4v) is 3.43. The topological polar surface area (TPSA) is 48.1 Å². The molecule has 0 unspecified atom stereocenters. The number of nitrogen functional groups attached to an aromatic ring is 1. The molecule has 18 heavy (non-hydrogen) atoms. The summed E-state index contributed by atoms with van der Waals surface area (Å²) in [7, 11) is 1.74. The number of hydrogen-bond acceptors (Lipinski definition) is 4. The summed E-state index contributed by atoms with van der Waals surface area (Å²) in [6.07, 6.45) is 3.11. The van der Waals surface area contributed by atoms with E-state index in [-0.39, 0.29) is 0 Å². The molecule has 1 aromatic carbocycles. The number of hydrogen-bond donors (Lipinski definition) is 1. The Kier molecular flexibility index (Phi) is 3.06. The van der Waals surface area contributed by atoms with Crippen LogP contribution in [0.2, 0.25) is 0 Å². The largest absolute Gasteiger partial charge is 0.384 e. The fourth-order valence-electron chi connectivity index (χ4n) is 2.59. The molecule has 0 amide bonds. The summed E-state index contributed by atoms with van der Waals surface area (Å²) in [6.45, 7) is 0.766. The number of rotatable bonds is 3. The molecule has 2 N–H and O–H groups in total. The Labute approximate surface area is 111 Å². The summed E-state index contributed by atoms with van der Waals surface area (Å²) < 4.78 is 5.18. The zero-order valence-corrected chi connectivity index (χ0v) is 11.2. The molecule has 0 radical (unpaired) electrons. The molecule has 0 atom stereocenters. The van der Waals surface area contributed by atoms with Gasteiger partial charge in [-0.3, -0.25) is 0 Å². The van der Waals surface area contributed by atoms with Gasteiger partial charge in [-0.1, -0.05) is 18.2 Å². The van der Waals surface area contributed by atoms with E-state index in [1.54, 1.807) is 18.4 Å². The van der Waals surface area contributed by atoms with Crippen LogP contribution in [0.3, 0.4) is 0 Å². The first-order valence-electron chi connectivity index (χ1n) is 6.15. The van der Waals surface area contributed by atoms with Crippen molar-refractivity contribution in [3.05, 3.63) is 34.2 Å². The smallest absolute Gasteiger partial charge is 0.180 e. The van der Waals surface area contributed by atoms with Gasteiger partial charge >= 0.3 is 0 Å². The van der Waals surface area contributed by atoms with Gasteiger partial charge in [-0.25, -0.2) is 4.98 Å². The number of ether oxygens (including phenoxy) is 1. The Morgan fingerprint density at radius 1 is 1.39 bits per heavy atom. The van der Waals surface area contributed by atoms with Gasteiger partial charge in [0.25, 0.3) is 0 Å². The number of nitrogens with two attached hydrogens (primary N) is 1. The number of aryl methyl sites for hydroxylation is 1. The molecule has 1 aliphatic carbocycles. The molecule has 0 fully saturated rings. The van der Waals surface area contributed by atoms with Crippen LogP contribution in [-0.4, -0.2) is 18.7 Å². The highest BCUT2D eigenvalue weighted by molar-refractivity contribution is 7.15. The molecule has 1 aromatic heterocycles. The van der Waals surface area contributed by atoms with E-state index < -0.39 is 0 Å². The number of anilines is 1. The number of fused-ring (bicyclic) bond motifs is 3. The predicted molar refractivity (Wildman–Crippen MR) is 75.0 cm³/mol. The molecule has 0 bridgehead atoms. The second-order valence-corrected chi connectivity index (χ2v) is 5.63. The summed E-state index contributed by atoms with van der Waals surface area (Å²) >= 11 is 1.62. The lowest BCUT2D eigenvalue weighted by Gasteiger charge is -2.18. The van der Waals surface area contributed by atoms with Crippen LogP contribution < -0.4 is 5.73 Å². The lowest BCUT2D eigenvalue weighted by atomic mass is 9.89. The molecular weight excluding hydrogens is 244 g/mol. The average Bonchev–Trinajstić information content (AvgIpc) is 2.77. The van der Waals surface area contributed by atoms with Crippen molar-refractivity contribution in [3.63, 3.8) is 0 Å². The van der Waals surface area contributed by atoms with Gasteiger partial charge in [0.05, 0.1) is 12.3 Å². The van der Waals surface area contributed by atoms with E-state index in [0.29, 0.717) is 5.13 Å². The van der Waals surface area contributed by atoms with Crippen LogP contribution in [-0.2, 0) is 24.0 Å². The minimum atomic E-state index is 0.676. The van der Waals surface area contributed by atoms with Crippen LogP contribution in [0.1, 0.15) is 16.0 Å². The van der Waals surface area contributed by atoms with Crippen LogP contribution in [0.25, 0.3) is 11.3 Å². The molecule has 2 aromatic rings. The first-order chi connectivity index (χ1) is 8.79. The normalized spacial score (nSPS) is 13.2. The van der Waals surface area contributed by atoms with Crippen molar-refractivity contribution in [2.45, 2.75) is 19.3 Å². The highest BCUT2D eigenvalue weighted by Gasteiger charge is 2.21. The molecule has 94 valence electrons. The summed E-state index contributed by atoms with van der Waals surface area (Å²) in [6, 6.07) is 6.45. The van der Waals surface area contributed by atoms with Gasteiger partial charge in [0.2, 0.25) is 0 Å². The second-order valence-electron chi connectivity index (χ2n) is 4.51. The first kappa shape index (κ1) is 11.7. The Morgan fingerprint density at radius 2 is 2.28 bits per heavy atom. The van der Waals surface area contributed by atoms with Gasteiger partial charge < -0.3 is 10.5 Å². The monoisotopic (exact) mass is 260 g/mol. The van der Waals surface area contributed by atoms with Crippen molar-refractivity contribution >= 4 is 16.5 Å². The van der Waals surface area contributed by atoms with E-state index in [1.165, 1.54) is 21.6 Å². The van der Waals surface area contributed by atoms with Crippen molar-refractivity contribution in [1.29, 1.82) is 0 Å². The maximum absolute atomic E-state index is 5.82. The predicted octanol–water partition coefficient (Wildman–Crippen LogP) is 2.68. The molecule has 0 saturated carbocycles. The van der Waals surface area contributed by atoms with Crippen molar-refractivity contribution in [3.8, 4) is 11.3 Å². The summed E-state index contributed by atoms with van der Waals surface area (Å²) in [4.78, 5) is 5.80. The Bertz CT molecular complexity index is 577. The minimum absolute atomic E-state index is 0.676. The van der Waals surface area contributed by atoms with E-state index in [9.17, 15) is 0 Å². The second kappa shape index (κ2) is 4.71. The Hall–Kier alpha value is -1.39. The van der Waals surface area contributed by atoms with Crippen LogP contribution in [0.4, 0.5) is 5.13 Å². The molecule has 4 heteroatoms. The van der Waals surface area contributed by atoms with Crippen molar-refractivity contribution in [2.75, 3.05) is 19.5 Å². The van der Waals surface area contributed by atoms with Gasteiger partial charge in [-0.15, -0.1) is 11.3 Å². The lowest BCUT2D eigenvalue weighted by Crippen LogP contribution is -2.07. The highest BCUT2D eigenvalue weighted by Crippen LogP contribution is 2.38. The standard InChI is InChI=1S/C14H16N2OS/c1-17-8-7-9-3-2-4-11-10(9)5-6-12-13(11)16-14(15)18-12/h2-4H,5-8H2,1H3,(H2,15,16). The summed E-state index contributed by atoms with van der Waals surface area (Å²) in [5.74, 6) is 0. The maximum Gasteiger partial charge on any atom is 0.180 e. The van der Waals surface area contributed by atoms with Crippen LogP contribution in [0.5, 0.6) is 0 Å². The Morgan fingerprint density at radius 3 is 3.11 bits per heavy atom. The fraction of sp³-hybridized carbons (Fsp3) is 0.357. The maximum atomic E-state index is 5.82. The minimum Gasteiger partial charge on any atom is -0.384 e. The third-order valence-corrected chi connectivity index (χ3v) is 4.36. The Balaban J connectivity index is 2.06. The third kappa shape index (κ3) is 1.91. The SMILES string of the molecule is COCCc1cccc2c1CCc1sc(N)nc1-2. The molecule has 0 saturated heterocycles. The van der Waals surface area contributed by atoms with Gasteiger partial charge in [0.15, 0.2) is 5.13 Å². The molecule has 1 heterocycles. The van der Waals surface area contributed by atoms with Gasteiger partial charge in [-0.05, 0) is 30.4 Å². The van der Waals surface area contributed by atoms with Gasteiger partial charge in [0, 0.05) is 17.6 Å².